The van der Waals surface area contributed by atoms with Gasteiger partial charge in [0.25, 0.3) is 0 Å². The zero-order valence-corrected chi connectivity index (χ0v) is 14.2. The van der Waals surface area contributed by atoms with E-state index in [1.54, 1.807) is 0 Å². The molecule has 1 aliphatic carbocycles. The van der Waals surface area contributed by atoms with Gasteiger partial charge in [-0.05, 0) is 61.4 Å². The molecule has 0 saturated heterocycles. The Morgan fingerprint density at radius 1 is 1.29 bits per heavy atom. The third-order valence-electron chi connectivity index (χ3n) is 4.52. The average molecular weight is 345 g/mol. The second-order valence-corrected chi connectivity index (χ2v) is 6.83. The van der Waals surface area contributed by atoms with Crippen molar-refractivity contribution >= 4 is 15.9 Å². The fourth-order valence-electron chi connectivity index (χ4n) is 3.40. The molecule has 1 heterocycles. The molecule has 2 nitrogen and oxygen atoms in total. The number of halogens is 1. The van der Waals surface area contributed by atoms with Crippen LogP contribution in [0.1, 0.15) is 52.7 Å². The molecular formula is C18H21BrN2. The molecule has 0 bridgehead atoms. The van der Waals surface area contributed by atoms with Crippen LogP contribution in [-0.2, 0) is 6.42 Å². The van der Waals surface area contributed by atoms with Crippen molar-refractivity contribution in [2.24, 2.45) is 5.73 Å². The maximum atomic E-state index is 6.62. The first-order chi connectivity index (χ1) is 10.1. The number of hydrogen-bond acceptors (Lipinski definition) is 2. The molecule has 1 aliphatic rings. The van der Waals surface area contributed by atoms with Gasteiger partial charge in [0, 0.05) is 28.3 Å². The predicted molar refractivity (Wildman–Crippen MR) is 90.5 cm³/mol. The average Bonchev–Trinajstić information content (AvgIpc) is 2.51. The van der Waals surface area contributed by atoms with Crippen molar-refractivity contribution in [2.75, 3.05) is 0 Å². The van der Waals surface area contributed by atoms with E-state index in [4.69, 9.17) is 5.73 Å². The van der Waals surface area contributed by atoms with Crippen LogP contribution in [0.25, 0.3) is 0 Å². The Labute approximate surface area is 134 Å². The SMILES string of the molecule is Cc1cc(C(N)C2CCCc3cccnc32)cc(C)c1Br. The molecule has 0 aliphatic heterocycles. The number of rotatable bonds is 2. The van der Waals surface area contributed by atoms with Crippen molar-refractivity contribution in [1.29, 1.82) is 0 Å². The zero-order valence-electron chi connectivity index (χ0n) is 12.6. The third-order valence-corrected chi connectivity index (χ3v) is 5.77. The highest BCUT2D eigenvalue weighted by Gasteiger charge is 2.28. The molecular weight excluding hydrogens is 324 g/mol. The first-order valence-electron chi connectivity index (χ1n) is 7.54. The molecule has 2 unspecified atom stereocenters. The van der Waals surface area contributed by atoms with Gasteiger partial charge in [-0.15, -0.1) is 0 Å². The molecule has 3 rings (SSSR count). The van der Waals surface area contributed by atoms with Crippen molar-refractivity contribution in [3.05, 3.63) is 62.9 Å². The lowest BCUT2D eigenvalue weighted by Crippen LogP contribution is -2.24. The van der Waals surface area contributed by atoms with Crippen molar-refractivity contribution in [3.8, 4) is 0 Å². The lowest BCUT2D eigenvalue weighted by atomic mass is 9.79. The highest BCUT2D eigenvalue weighted by atomic mass is 79.9. The number of hydrogen-bond donors (Lipinski definition) is 1. The highest BCUT2D eigenvalue weighted by Crippen LogP contribution is 2.39. The minimum atomic E-state index is 0.0180. The first kappa shape index (κ1) is 14.7. The summed E-state index contributed by atoms with van der Waals surface area (Å²) in [7, 11) is 0. The Hall–Kier alpha value is -1.19. The van der Waals surface area contributed by atoms with Crippen molar-refractivity contribution in [3.63, 3.8) is 0 Å². The predicted octanol–water partition coefficient (Wildman–Crippen LogP) is 4.58. The van der Waals surface area contributed by atoms with Crippen LogP contribution in [0.4, 0.5) is 0 Å². The summed E-state index contributed by atoms with van der Waals surface area (Å²) in [5.41, 5.74) is 12.9. The second-order valence-electron chi connectivity index (χ2n) is 6.04. The van der Waals surface area contributed by atoms with Gasteiger partial charge in [0.15, 0.2) is 0 Å². The number of aromatic nitrogens is 1. The van der Waals surface area contributed by atoms with Gasteiger partial charge in [0.2, 0.25) is 0 Å². The van der Waals surface area contributed by atoms with E-state index in [1.807, 2.05) is 12.3 Å². The fraction of sp³-hybridized carbons (Fsp3) is 0.389. The van der Waals surface area contributed by atoms with Gasteiger partial charge in [-0.2, -0.15) is 0 Å². The number of nitrogens with two attached hydrogens (primary N) is 1. The van der Waals surface area contributed by atoms with Crippen molar-refractivity contribution in [2.45, 2.75) is 45.1 Å². The van der Waals surface area contributed by atoms with Crippen LogP contribution < -0.4 is 5.73 Å². The van der Waals surface area contributed by atoms with Crippen LogP contribution in [0.5, 0.6) is 0 Å². The number of aryl methyl sites for hydroxylation is 3. The summed E-state index contributed by atoms with van der Waals surface area (Å²) < 4.78 is 1.18. The Morgan fingerprint density at radius 3 is 2.71 bits per heavy atom. The van der Waals surface area contributed by atoms with Crippen LogP contribution >= 0.6 is 15.9 Å². The molecule has 0 saturated carbocycles. The summed E-state index contributed by atoms with van der Waals surface area (Å²) >= 11 is 3.63. The lowest BCUT2D eigenvalue weighted by molar-refractivity contribution is 0.462. The van der Waals surface area contributed by atoms with Crippen LogP contribution in [0, 0.1) is 13.8 Å². The normalized spacial score (nSPS) is 19.1. The largest absolute Gasteiger partial charge is 0.323 e. The van der Waals surface area contributed by atoms with Gasteiger partial charge in [-0.3, -0.25) is 4.98 Å². The highest BCUT2D eigenvalue weighted by molar-refractivity contribution is 9.10. The maximum absolute atomic E-state index is 6.62. The summed E-state index contributed by atoms with van der Waals surface area (Å²) in [6.07, 6.45) is 5.34. The van der Waals surface area contributed by atoms with Gasteiger partial charge < -0.3 is 5.73 Å². The summed E-state index contributed by atoms with van der Waals surface area (Å²) in [6, 6.07) is 8.65. The van der Waals surface area contributed by atoms with Crippen molar-refractivity contribution < 1.29 is 0 Å². The van der Waals surface area contributed by atoms with E-state index < -0.39 is 0 Å². The molecule has 2 N–H and O–H groups in total. The number of benzene rings is 1. The molecule has 0 amide bonds. The van der Waals surface area contributed by atoms with E-state index >= 15 is 0 Å². The van der Waals surface area contributed by atoms with Gasteiger partial charge >= 0.3 is 0 Å². The zero-order chi connectivity index (χ0) is 15.0. The standard InChI is InChI=1S/C18H21BrN2/c1-11-9-14(10-12(2)16(11)19)17(20)15-7-3-5-13-6-4-8-21-18(13)15/h4,6,8-10,15,17H,3,5,7,20H2,1-2H3. The van der Waals surface area contributed by atoms with Gasteiger partial charge in [0.05, 0.1) is 0 Å². The topological polar surface area (TPSA) is 38.9 Å². The quantitative estimate of drug-likeness (QED) is 0.865. The molecule has 110 valence electrons. The molecule has 2 atom stereocenters. The van der Waals surface area contributed by atoms with Gasteiger partial charge in [0.1, 0.15) is 0 Å². The van der Waals surface area contributed by atoms with Crippen molar-refractivity contribution in [1.82, 2.24) is 4.98 Å². The smallest absolute Gasteiger partial charge is 0.0485 e. The first-order valence-corrected chi connectivity index (χ1v) is 8.33. The van der Waals surface area contributed by atoms with Crippen LogP contribution in [0.15, 0.2) is 34.9 Å². The number of fused-ring (bicyclic) bond motifs is 1. The molecule has 3 heteroatoms. The Kier molecular flexibility index (Phi) is 4.14. The third kappa shape index (κ3) is 2.77. The molecule has 0 spiro atoms. The Balaban J connectivity index is 1.98. The van der Waals surface area contributed by atoms with E-state index in [-0.39, 0.29) is 6.04 Å². The van der Waals surface area contributed by atoms with E-state index in [1.165, 1.54) is 38.8 Å². The fourth-order valence-corrected chi connectivity index (χ4v) is 3.63. The molecule has 1 aromatic carbocycles. The van der Waals surface area contributed by atoms with E-state index in [0.717, 1.165) is 12.8 Å². The van der Waals surface area contributed by atoms with E-state index in [9.17, 15) is 0 Å². The van der Waals surface area contributed by atoms with Gasteiger partial charge in [-0.1, -0.05) is 34.1 Å². The Morgan fingerprint density at radius 2 is 2.00 bits per heavy atom. The molecule has 0 fully saturated rings. The minimum Gasteiger partial charge on any atom is -0.323 e. The van der Waals surface area contributed by atoms with E-state index in [0.29, 0.717) is 5.92 Å². The monoisotopic (exact) mass is 344 g/mol. The van der Waals surface area contributed by atoms with Gasteiger partial charge in [-0.25, -0.2) is 0 Å². The Bertz CT molecular complexity index is 643. The molecule has 1 aromatic heterocycles. The van der Waals surface area contributed by atoms with Crippen LogP contribution in [-0.4, -0.2) is 4.98 Å². The summed E-state index contributed by atoms with van der Waals surface area (Å²) in [5, 5.41) is 0. The van der Waals surface area contributed by atoms with Crippen LogP contribution in [0.3, 0.4) is 0 Å². The number of nitrogens with zero attached hydrogens (tertiary/aromatic N) is 1. The maximum Gasteiger partial charge on any atom is 0.0485 e. The van der Waals surface area contributed by atoms with E-state index in [2.05, 4.69) is 53.0 Å². The molecule has 0 radical (unpaired) electrons. The summed E-state index contributed by atoms with van der Waals surface area (Å²) in [5.74, 6) is 0.329. The lowest BCUT2D eigenvalue weighted by Gasteiger charge is -2.29. The molecule has 21 heavy (non-hydrogen) atoms. The van der Waals surface area contributed by atoms with Crippen LogP contribution in [0.2, 0.25) is 0 Å². The summed E-state index contributed by atoms with van der Waals surface area (Å²) in [4.78, 5) is 4.62. The second kappa shape index (κ2) is 5.90. The summed E-state index contributed by atoms with van der Waals surface area (Å²) in [6.45, 7) is 4.25. The minimum absolute atomic E-state index is 0.0180. The molecule has 2 aromatic rings. The number of pyridine rings is 1.